The number of nitrogens with one attached hydrogen (secondary N) is 1. The summed E-state index contributed by atoms with van der Waals surface area (Å²) >= 11 is 0. The second-order valence-electron chi connectivity index (χ2n) is 7.08. The van der Waals surface area contributed by atoms with Crippen molar-refractivity contribution in [3.8, 4) is 0 Å². The van der Waals surface area contributed by atoms with Crippen molar-refractivity contribution in [1.29, 1.82) is 0 Å². The van der Waals surface area contributed by atoms with E-state index in [-0.39, 0.29) is 18.2 Å². The van der Waals surface area contributed by atoms with Crippen LogP contribution >= 0.6 is 0 Å². The minimum Gasteiger partial charge on any atom is -0.375 e. The maximum atomic E-state index is 12.5. The predicted octanol–water partition coefficient (Wildman–Crippen LogP) is 2.26. The van der Waals surface area contributed by atoms with Crippen LogP contribution in [0.25, 0.3) is 0 Å². The number of hydrogen-bond acceptors (Lipinski definition) is 4. The molecule has 2 amide bonds. The van der Waals surface area contributed by atoms with Crippen molar-refractivity contribution in [3.05, 3.63) is 30.1 Å². The molecule has 0 bridgehead atoms. The van der Waals surface area contributed by atoms with Crippen LogP contribution in [0.4, 0.5) is 4.79 Å². The number of morpholine rings is 1. The number of urea groups is 1. The van der Waals surface area contributed by atoms with E-state index in [9.17, 15) is 4.79 Å². The monoisotopic (exact) mass is 346 g/mol. The zero-order valence-electron chi connectivity index (χ0n) is 15.2. The van der Waals surface area contributed by atoms with E-state index in [0.717, 1.165) is 51.9 Å². The molecule has 1 aromatic rings. The van der Waals surface area contributed by atoms with Crippen LogP contribution in [-0.2, 0) is 11.3 Å². The first kappa shape index (κ1) is 18.1. The first-order chi connectivity index (χ1) is 12.2. The Morgan fingerprint density at radius 2 is 2.04 bits per heavy atom. The van der Waals surface area contributed by atoms with E-state index < -0.39 is 0 Å². The lowest BCUT2D eigenvalue weighted by molar-refractivity contribution is -0.0187. The van der Waals surface area contributed by atoms with Crippen molar-refractivity contribution in [2.24, 2.45) is 0 Å². The summed E-state index contributed by atoms with van der Waals surface area (Å²) in [5.74, 6) is 0. The molecule has 1 unspecified atom stereocenters. The lowest BCUT2D eigenvalue weighted by atomic mass is 10.0. The van der Waals surface area contributed by atoms with Crippen molar-refractivity contribution in [2.75, 3.05) is 32.8 Å². The van der Waals surface area contributed by atoms with Gasteiger partial charge < -0.3 is 15.0 Å². The number of likely N-dealkylation sites (tertiary alicyclic amines) is 1. The Morgan fingerprint density at radius 1 is 1.28 bits per heavy atom. The smallest absolute Gasteiger partial charge is 0.317 e. The number of piperidine rings is 1. The summed E-state index contributed by atoms with van der Waals surface area (Å²) in [6.45, 7) is 7.24. The van der Waals surface area contributed by atoms with Crippen molar-refractivity contribution in [2.45, 2.75) is 51.3 Å². The number of hydrogen-bond donors (Lipinski definition) is 1. The second-order valence-corrected chi connectivity index (χ2v) is 7.08. The minimum atomic E-state index is 0.0805. The number of aromatic nitrogens is 1. The van der Waals surface area contributed by atoms with Crippen LogP contribution in [0.2, 0.25) is 0 Å². The summed E-state index contributed by atoms with van der Waals surface area (Å²) < 4.78 is 5.73. The van der Waals surface area contributed by atoms with Gasteiger partial charge in [-0.3, -0.25) is 9.88 Å². The van der Waals surface area contributed by atoms with Gasteiger partial charge in [0.15, 0.2) is 0 Å². The third-order valence-corrected chi connectivity index (χ3v) is 5.11. The number of carbonyl (C=O) groups is 1. The normalized spacial score (nSPS) is 22.8. The zero-order valence-corrected chi connectivity index (χ0v) is 15.2. The molecule has 3 heterocycles. The molecule has 1 N–H and O–H groups in total. The molecule has 1 aromatic heterocycles. The molecule has 0 aromatic carbocycles. The van der Waals surface area contributed by atoms with Crippen LogP contribution < -0.4 is 5.32 Å². The molecule has 0 saturated carbocycles. The van der Waals surface area contributed by atoms with Gasteiger partial charge in [-0.1, -0.05) is 13.3 Å². The molecule has 2 aliphatic heterocycles. The molecule has 2 saturated heterocycles. The lowest BCUT2D eigenvalue weighted by Crippen LogP contribution is -2.53. The average Bonchev–Trinajstić information content (AvgIpc) is 2.65. The van der Waals surface area contributed by atoms with E-state index >= 15 is 0 Å². The first-order valence-electron chi connectivity index (χ1n) is 9.53. The van der Waals surface area contributed by atoms with E-state index in [4.69, 9.17) is 4.74 Å². The zero-order chi connectivity index (χ0) is 17.5. The van der Waals surface area contributed by atoms with Gasteiger partial charge >= 0.3 is 6.03 Å². The van der Waals surface area contributed by atoms with Crippen molar-refractivity contribution >= 4 is 6.03 Å². The minimum absolute atomic E-state index is 0.0805. The molecule has 6 nitrogen and oxygen atoms in total. The maximum Gasteiger partial charge on any atom is 0.317 e. The first-order valence-corrected chi connectivity index (χ1v) is 9.53. The molecule has 6 heteroatoms. The molecule has 138 valence electrons. The summed E-state index contributed by atoms with van der Waals surface area (Å²) in [5.41, 5.74) is 1.30. The number of rotatable bonds is 5. The van der Waals surface area contributed by atoms with E-state index in [0.29, 0.717) is 13.2 Å². The van der Waals surface area contributed by atoms with Gasteiger partial charge in [0.05, 0.1) is 12.7 Å². The molecule has 0 spiro atoms. The molecule has 3 rings (SSSR count). The topological polar surface area (TPSA) is 57.7 Å². The molecule has 25 heavy (non-hydrogen) atoms. The Bertz CT molecular complexity index is 529. The number of nitrogens with zero attached hydrogens (tertiary/aromatic N) is 3. The molecule has 1 atom stereocenters. The Hall–Kier alpha value is -1.66. The van der Waals surface area contributed by atoms with E-state index in [1.54, 1.807) is 0 Å². The van der Waals surface area contributed by atoms with E-state index in [2.05, 4.69) is 34.3 Å². The highest BCUT2D eigenvalue weighted by atomic mass is 16.5. The fourth-order valence-corrected chi connectivity index (χ4v) is 3.65. The Balaban J connectivity index is 1.40. The summed E-state index contributed by atoms with van der Waals surface area (Å²) in [6, 6.07) is 4.50. The van der Waals surface area contributed by atoms with Crippen LogP contribution in [-0.4, -0.2) is 65.7 Å². The van der Waals surface area contributed by atoms with Crippen LogP contribution in [0.3, 0.4) is 0 Å². The Labute approximate surface area is 150 Å². The molecular weight excluding hydrogens is 316 g/mol. The largest absolute Gasteiger partial charge is 0.375 e. The summed E-state index contributed by atoms with van der Waals surface area (Å²) in [7, 11) is 0. The third-order valence-electron chi connectivity index (χ3n) is 5.11. The molecule has 0 radical (unpaired) electrons. The summed E-state index contributed by atoms with van der Waals surface area (Å²) in [6.07, 6.45) is 8.03. The van der Waals surface area contributed by atoms with Gasteiger partial charge in [0, 0.05) is 51.2 Å². The quantitative estimate of drug-likeness (QED) is 0.888. The summed E-state index contributed by atoms with van der Waals surface area (Å²) in [4.78, 5) is 21.0. The van der Waals surface area contributed by atoms with Gasteiger partial charge in [0.1, 0.15) is 0 Å². The Kier molecular flexibility index (Phi) is 6.64. The number of carbonyl (C=O) groups excluding carboxylic acids is 1. The highest BCUT2D eigenvalue weighted by Crippen LogP contribution is 2.15. The van der Waals surface area contributed by atoms with Gasteiger partial charge in [-0.25, -0.2) is 4.79 Å². The maximum absolute atomic E-state index is 12.5. The number of amides is 2. The van der Waals surface area contributed by atoms with Gasteiger partial charge in [0.2, 0.25) is 0 Å². The highest BCUT2D eigenvalue weighted by Gasteiger charge is 2.26. The van der Waals surface area contributed by atoms with Crippen molar-refractivity contribution in [3.63, 3.8) is 0 Å². The van der Waals surface area contributed by atoms with Crippen molar-refractivity contribution in [1.82, 2.24) is 20.1 Å². The molecule has 2 fully saturated rings. The predicted molar refractivity (Wildman–Crippen MR) is 97.3 cm³/mol. The number of ether oxygens (including phenoxy) is 1. The second kappa shape index (κ2) is 9.15. The lowest BCUT2D eigenvalue weighted by Gasteiger charge is -2.36. The average molecular weight is 346 g/mol. The van der Waals surface area contributed by atoms with E-state index in [1.165, 1.54) is 5.56 Å². The Morgan fingerprint density at radius 3 is 2.76 bits per heavy atom. The van der Waals surface area contributed by atoms with Crippen LogP contribution in [0.1, 0.15) is 38.2 Å². The standard InChI is InChI=1S/C19H30N4O2/c1-2-3-18-15-23(12-13-25-18)19(24)21-17-6-10-22(11-7-17)14-16-4-8-20-9-5-16/h4-5,8-9,17-18H,2-3,6-7,10-15H2,1H3,(H,21,24). The van der Waals surface area contributed by atoms with Crippen molar-refractivity contribution < 1.29 is 9.53 Å². The molecule has 0 aliphatic carbocycles. The molecule has 2 aliphatic rings. The van der Waals surface area contributed by atoms with Gasteiger partial charge in [0.25, 0.3) is 0 Å². The van der Waals surface area contributed by atoms with Gasteiger partial charge in [-0.15, -0.1) is 0 Å². The molecular formula is C19H30N4O2. The number of pyridine rings is 1. The summed E-state index contributed by atoms with van der Waals surface area (Å²) in [5, 5.41) is 3.23. The van der Waals surface area contributed by atoms with Gasteiger partial charge in [-0.05, 0) is 37.0 Å². The van der Waals surface area contributed by atoms with E-state index in [1.807, 2.05) is 17.3 Å². The SMILES string of the molecule is CCCC1CN(C(=O)NC2CCN(Cc3ccncc3)CC2)CCO1. The van der Waals surface area contributed by atoms with Crippen LogP contribution in [0, 0.1) is 0 Å². The van der Waals surface area contributed by atoms with Crippen LogP contribution in [0.5, 0.6) is 0 Å². The fourth-order valence-electron chi connectivity index (χ4n) is 3.65. The highest BCUT2D eigenvalue weighted by molar-refractivity contribution is 5.74. The third kappa shape index (κ3) is 5.41. The fraction of sp³-hybridized carbons (Fsp3) is 0.684. The van der Waals surface area contributed by atoms with Gasteiger partial charge in [-0.2, -0.15) is 0 Å². The van der Waals surface area contributed by atoms with Crippen LogP contribution in [0.15, 0.2) is 24.5 Å².